The van der Waals surface area contributed by atoms with Crippen molar-refractivity contribution in [3.63, 3.8) is 0 Å². The summed E-state index contributed by atoms with van der Waals surface area (Å²) < 4.78 is 5.06. The van der Waals surface area contributed by atoms with E-state index in [2.05, 4.69) is 30.3 Å². The quantitative estimate of drug-likeness (QED) is 0.817. The zero-order valence-electron chi connectivity index (χ0n) is 13.5. The molecule has 0 aliphatic heterocycles. The topological polar surface area (TPSA) is 47.0 Å². The molecule has 2 unspecified atom stereocenters. The molecule has 0 spiro atoms. The highest BCUT2D eigenvalue weighted by Crippen LogP contribution is 2.57. The van der Waals surface area contributed by atoms with Crippen LogP contribution in [0.15, 0.2) is 6.20 Å². The van der Waals surface area contributed by atoms with Gasteiger partial charge < -0.3 is 10.1 Å². The number of aromatic nitrogens is 2. The number of nitrogens with one attached hydrogen (secondary N) is 1. The Morgan fingerprint density at radius 1 is 1.43 bits per heavy atom. The first-order valence-electron chi connectivity index (χ1n) is 8.14. The third kappa shape index (κ3) is 3.43. The molecule has 0 aromatic carbocycles. The van der Waals surface area contributed by atoms with Gasteiger partial charge in [-0.15, -0.1) is 0 Å². The molecule has 1 heterocycles. The van der Waals surface area contributed by atoms with E-state index in [1.54, 1.807) is 7.11 Å². The second-order valence-corrected chi connectivity index (χ2v) is 7.25. The van der Waals surface area contributed by atoms with Gasteiger partial charge in [-0.2, -0.15) is 0 Å². The highest BCUT2D eigenvalue weighted by atomic mass is 16.5. The molecule has 1 aromatic rings. The van der Waals surface area contributed by atoms with Gasteiger partial charge in [-0.3, -0.25) is 0 Å². The lowest BCUT2D eigenvalue weighted by atomic mass is 9.87. The van der Waals surface area contributed by atoms with Gasteiger partial charge in [0.05, 0.1) is 6.61 Å². The van der Waals surface area contributed by atoms with Gasteiger partial charge in [0.25, 0.3) is 0 Å². The van der Waals surface area contributed by atoms with Crippen LogP contribution in [0.5, 0.6) is 0 Å². The largest absolute Gasteiger partial charge is 0.383 e. The number of aryl methyl sites for hydroxylation is 1. The maximum atomic E-state index is 5.06. The third-order valence-corrected chi connectivity index (χ3v) is 5.01. The number of methoxy groups -OCH3 is 1. The van der Waals surface area contributed by atoms with Crippen molar-refractivity contribution in [2.75, 3.05) is 26.8 Å². The summed E-state index contributed by atoms with van der Waals surface area (Å²) in [6.45, 7) is 7.41. The Hall–Kier alpha value is -1.00. The molecule has 0 amide bonds. The van der Waals surface area contributed by atoms with E-state index >= 15 is 0 Å². The van der Waals surface area contributed by atoms with Gasteiger partial charge in [0, 0.05) is 31.5 Å². The first kappa shape index (κ1) is 14.9. The van der Waals surface area contributed by atoms with Crippen LogP contribution in [0.3, 0.4) is 0 Å². The molecular weight excluding hydrogens is 262 g/mol. The molecule has 3 rings (SSSR count). The van der Waals surface area contributed by atoms with Crippen LogP contribution >= 0.6 is 0 Å². The maximum absolute atomic E-state index is 5.06. The van der Waals surface area contributed by atoms with Crippen LogP contribution in [0.1, 0.15) is 49.7 Å². The van der Waals surface area contributed by atoms with Crippen LogP contribution in [0, 0.1) is 11.3 Å². The number of rotatable bonds is 6. The lowest BCUT2D eigenvalue weighted by molar-refractivity contribution is 0.197. The standard InChI is InChI=1S/C17H27N3O/c1-17(2)9-14(17)16-19-11-13-8-12(4-5-15(13)20-16)10-18-6-7-21-3/h11-12,14,18H,4-10H2,1-3H3. The van der Waals surface area contributed by atoms with Crippen molar-refractivity contribution in [1.82, 2.24) is 15.3 Å². The van der Waals surface area contributed by atoms with Gasteiger partial charge in [-0.25, -0.2) is 9.97 Å². The Balaban J connectivity index is 1.57. The van der Waals surface area contributed by atoms with Gasteiger partial charge in [0.1, 0.15) is 5.82 Å². The Kier molecular flexibility index (Phi) is 4.27. The molecule has 0 saturated heterocycles. The fourth-order valence-electron chi connectivity index (χ4n) is 3.33. The summed E-state index contributed by atoms with van der Waals surface area (Å²) in [6, 6.07) is 0. The Morgan fingerprint density at radius 2 is 2.24 bits per heavy atom. The molecule has 1 N–H and O–H groups in total. The minimum absolute atomic E-state index is 0.413. The molecule has 2 aliphatic carbocycles. The van der Waals surface area contributed by atoms with E-state index in [-0.39, 0.29) is 0 Å². The summed E-state index contributed by atoms with van der Waals surface area (Å²) in [5, 5.41) is 3.47. The van der Waals surface area contributed by atoms with Crippen molar-refractivity contribution in [3.05, 3.63) is 23.3 Å². The Labute approximate surface area is 127 Å². The maximum Gasteiger partial charge on any atom is 0.132 e. The molecule has 1 aromatic heterocycles. The molecule has 2 atom stereocenters. The molecule has 2 aliphatic rings. The minimum atomic E-state index is 0.413. The SMILES string of the molecule is COCCNCC1CCc2nc(C3CC3(C)C)ncc2C1. The van der Waals surface area contributed by atoms with Crippen molar-refractivity contribution >= 4 is 0 Å². The summed E-state index contributed by atoms with van der Waals surface area (Å²) in [7, 11) is 1.74. The normalized spacial score (nSPS) is 26.4. The molecule has 116 valence electrons. The summed E-state index contributed by atoms with van der Waals surface area (Å²) in [4.78, 5) is 9.51. The van der Waals surface area contributed by atoms with Gasteiger partial charge in [-0.1, -0.05) is 13.8 Å². The molecule has 21 heavy (non-hydrogen) atoms. The van der Waals surface area contributed by atoms with Gasteiger partial charge in [0.2, 0.25) is 0 Å². The number of nitrogens with zero attached hydrogens (tertiary/aromatic N) is 2. The number of ether oxygens (including phenoxy) is 1. The van der Waals surface area contributed by atoms with E-state index in [1.165, 1.54) is 24.1 Å². The monoisotopic (exact) mass is 289 g/mol. The molecule has 0 radical (unpaired) electrons. The van der Waals surface area contributed by atoms with Crippen molar-refractivity contribution in [1.29, 1.82) is 0 Å². The third-order valence-electron chi connectivity index (χ3n) is 5.01. The molecule has 4 nitrogen and oxygen atoms in total. The lowest BCUT2D eigenvalue weighted by Gasteiger charge is -2.24. The Morgan fingerprint density at radius 3 is 2.95 bits per heavy atom. The number of hydrogen-bond donors (Lipinski definition) is 1. The van der Waals surface area contributed by atoms with Crippen molar-refractivity contribution in [2.24, 2.45) is 11.3 Å². The van der Waals surface area contributed by atoms with Crippen LogP contribution in [0.2, 0.25) is 0 Å². The van der Waals surface area contributed by atoms with Crippen molar-refractivity contribution in [2.45, 2.75) is 45.4 Å². The van der Waals surface area contributed by atoms with Gasteiger partial charge >= 0.3 is 0 Å². The average Bonchev–Trinajstić information content (AvgIpc) is 3.12. The summed E-state index contributed by atoms with van der Waals surface area (Å²) >= 11 is 0. The highest BCUT2D eigenvalue weighted by molar-refractivity contribution is 5.25. The lowest BCUT2D eigenvalue weighted by Crippen LogP contribution is -2.30. The van der Waals surface area contributed by atoms with E-state index in [9.17, 15) is 0 Å². The van der Waals surface area contributed by atoms with Crippen LogP contribution in [0.25, 0.3) is 0 Å². The smallest absolute Gasteiger partial charge is 0.132 e. The number of fused-ring (bicyclic) bond motifs is 1. The number of hydrogen-bond acceptors (Lipinski definition) is 4. The van der Waals surface area contributed by atoms with Gasteiger partial charge in [0.15, 0.2) is 0 Å². The van der Waals surface area contributed by atoms with E-state index in [1.807, 2.05) is 0 Å². The predicted molar refractivity (Wildman–Crippen MR) is 83.4 cm³/mol. The van der Waals surface area contributed by atoms with E-state index in [0.717, 1.165) is 38.4 Å². The van der Waals surface area contributed by atoms with Crippen LogP contribution in [-0.4, -0.2) is 36.8 Å². The zero-order chi connectivity index (χ0) is 14.9. The van der Waals surface area contributed by atoms with Crippen LogP contribution in [-0.2, 0) is 17.6 Å². The zero-order valence-corrected chi connectivity index (χ0v) is 13.5. The minimum Gasteiger partial charge on any atom is -0.383 e. The second-order valence-electron chi connectivity index (χ2n) is 7.25. The fraction of sp³-hybridized carbons (Fsp3) is 0.765. The first-order chi connectivity index (χ1) is 10.1. The highest BCUT2D eigenvalue weighted by Gasteiger charge is 2.48. The summed E-state index contributed by atoms with van der Waals surface area (Å²) in [6.07, 6.45) is 6.78. The summed E-state index contributed by atoms with van der Waals surface area (Å²) in [5.74, 6) is 2.37. The first-order valence-corrected chi connectivity index (χ1v) is 8.14. The molecule has 4 heteroatoms. The molecule has 0 bridgehead atoms. The Bertz CT molecular complexity index is 501. The van der Waals surface area contributed by atoms with E-state index in [0.29, 0.717) is 17.3 Å². The average molecular weight is 289 g/mol. The van der Waals surface area contributed by atoms with E-state index in [4.69, 9.17) is 9.72 Å². The predicted octanol–water partition coefficient (Wildman–Crippen LogP) is 2.33. The molecule has 1 saturated carbocycles. The van der Waals surface area contributed by atoms with Crippen molar-refractivity contribution < 1.29 is 4.74 Å². The van der Waals surface area contributed by atoms with Crippen LogP contribution < -0.4 is 5.32 Å². The second kappa shape index (κ2) is 6.01. The van der Waals surface area contributed by atoms with Crippen molar-refractivity contribution in [3.8, 4) is 0 Å². The summed E-state index contributed by atoms with van der Waals surface area (Å²) in [5.41, 5.74) is 3.08. The van der Waals surface area contributed by atoms with Gasteiger partial charge in [-0.05, 0) is 49.1 Å². The van der Waals surface area contributed by atoms with Crippen LogP contribution in [0.4, 0.5) is 0 Å². The van der Waals surface area contributed by atoms with E-state index < -0.39 is 0 Å². The molecular formula is C17H27N3O. The molecule has 1 fully saturated rings. The fourth-order valence-corrected chi connectivity index (χ4v) is 3.33.